The van der Waals surface area contributed by atoms with Crippen molar-refractivity contribution in [2.45, 2.75) is 38.1 Å². The number of halogens is 2. The number of hydrogen-bond donors (Lipinski definition) is 2. The maximum absolute atomic E-state index is 12.1. The Bertz CT molecular complexity index is 491. The fourth-order valence-corrected chi connectivity index (χ4v) is 3.40. The third-order valence-electron chi connectivity index (χ3n) is 4.05. The summed E-state index contributed by atoms with van der Waals surface area (Å²) in [6, 6.07) is 5.64. The van der Waals surface area contributed by atoms with E-state index in [1.54, 1.807) is 18.2 Å². The van der Waals surface area contributed by atoms with Crippen LogP contribution in [-0.2, 0) is 4.79 Å². The van der Waals surface area contributed by atoms with Crippen LogP contribution < -0.4 is 5.32 Å². The summed E-state index contributed by atoms with van der Waals surface area (Å²) in [5, 5.41) is 12.6. The SMILES string of the molecule is O=C(CCN1CCCC1CCCO)Nc1c(Cl)cccc1Cl. The van der Waals surface area contributed by atoms with Gasteiger partial charge in [0.25, 0.3) is 0 Å². The lowest BCUT2D eigenvalue weighted by Gasteiger charge is -2.24. The summed E-state index contributed by atoms with van der Waals surface area (Å²) in [7, 11) is 0. The molecule has 1 aliphatic rings. The largest absolute Gasteiger partial charge is 0.396 e. The number of carbonyl (C=O) groups is 1. The van der Waals surface area contributed by atoms with E-state index < -0.39 is 0 Å². The molecule has 1 atom stereocenters. The number of anilines is 1. The van der Waals surface area contributed by atoms with Crippen molar-refractivity contribution in [2.24, 2.45) is 0 Å². The first-order valence-electron chi connectivity index (χ1n) is 7.70. The number of aliphatic hydroxyl groups is 1. The number of nitrogens with zero attached hydrogens (tertiary/aromatic N) is 1. The number of para-hydroxylation sites is 1. The van der Waals surface area contributed by atoms with E-state index in [0.717, 1.165) is 38.8 Å². The summed E-state index contributed by atoms with van der Waals surface area (Å²) in [6.45, 7) is 1.98. The van der Waals surface area contributed by atoms with Crippen LogP contribution in [-0.4, -0.2) is 41.7 Å². The van der Waals surface area contributed by atoms with Gasteiger partial charge in [-0.2, -0.15) is 0 Å². The van der Waals surface area contributed by atoms with Crippen LogP contribution in [0.3, 0.4) is 0 Å². The zero-order valence-corrected chi connectivity index (χ0v) is 14.0. The highest BCUT2D eigenvalue weighted by Crippen LogP contribution is 2.30. The van der Waals surface area contributed by atoms with Crippen molar-refractivity contribution in [3.63, 3.8) is 0 Å². The molecular weight excluding hydrogens is 323 g/mol. The number of aliphatic hydroxyl groups excluding tert-OH is 1. The van der Waals surface area contributed by atoms with Gasteiger partial charge in [-0.3, -0.25) is 9.69 Å². The summed E-state index contributed by atoms with van der Waals surface area (Å²) < 4.78 is 0. The summed E-state index contributed by atoms with van der Waals surface area (Å²) >= 11 is 12.1. The Kier molecular flexibility index (Phi) is 6.96. The lowest BCUT2D eigenvalue weighted by atomic mass is 10.1. The van der Waals surface area contributed by atoms with Gasteiger partial charge in [0.1, 0.15) is 0 Å². The Balaban J connectivity index is 1.82. The molecule has 0 saturated carbocycles. The summed E-state index contributed by atoms with van der Waals surface area (Å²) in [5.41, 5.74) is 0.481. The lowest BCUT2D eigenvalue weighted by Crippen LogP contribution is -2.32. The molecule has 1 fully saturated rings. The topological polar surface area (TPSA) is 52.6 Å². The predicted octanol–water partition coefficient (Wildman–Crippen LogP) is 3.56. The number of amides is 1. The smallest absolute Gasteiger partial charge is 0.225 e. The number of likely N-dealkylation sites (tertiary alicyclic amines) is 1. The van der Waals surface area contributed by atoms with Crippen LogP contribution in [0.5, 0.6) is 0 Å². The molecule has 2 rings (SSSR count). The van der Waals surface area contributed by atoms with E-state index in [1.165, 1.54) is 0 Å². The standard InChI is InChI=1S/C16H22Cl2N2O2/c17-13-6-1-7-14(18)16(13)19-15(22)8-10-20-9-2-4-12(20)5-3-11-21/h1,6-7,12,21H,2-5,8-11H2,(H,19,22). The number of hydrogen-bond acceptors (Lipinski definition) is 3. The van der Waals surface area contributed by atoms with Gasteiger partial charge in [0.15, 0.2) is 0 Å². The minimum atomic E-state index is -0.0807. The average molecular weight is 345 g/mol. The molecule has 1 amide bonds. The minimum Gasteiger partial charge on any atom is -0.396 e. The Hall–Kier alpha value is -0.810. The third kappa shape index (κ3) is 4.85. The van der Waals surface area contributed by atoms with Crippen molar-refractivity contribution in [3.8, 4) is 0 Å². The second-order valence-electron chi connectivity index (χ2n) is 5.59. The van der Waals surface area contributed by atoms with E-state index in [0.29, 0.717) is 28.2 Å². The lowest BCUT2D eigenvalue weighted by molar-refractivity contribution is -0.116. The molecule has 122 valence electrons. The first-order chi connectivity index (χ1) is 10.6. The Morgan fingerprint density at radius 2 is 2.09 bits per heavy atom. The fraction of sp³-hybridized carbons (Fsp3) is 0.562. The molecule has 0 aromatic heterocycles. The molecule has 1 aromatic rings. The van der Waals surface area contributed by atoms with Crippen LogP contribution >= 0.6 is 23.2 Å². The molecule has 0 spiro atoms. The number of rotatable bonds is 7. The van der Waals surface area contributed by atoms with Crippen LogP contribution in [0.15, 0.2) is 18.2 Å². The second-order valence-corrected chi connectivity index (χ2v) is 6.41. The molecule has 0 bridgehead atoms. The van der Waals surface area contributed by atoms with E-state index in [2.05, 4.69) is 10.2 Å². The molecular formula is C16H22Cl2N2O2. The first-order valence-corrected chi connectivity index (χ1v) is 8.46. The molecule has 0 radical (unpaired) electrons. The van der Waals surface area contributed by atoms with E-state index in [9.17, 15) is 4.79 Å². The molecule has 1 aromatic carbocycles. The predicted molar refractivity (Wildman–Crippen MR) is 90.6 cm³/mol. The minimum absolute atomic E-state index is 0.0807. The van der Waals surface area contributed by atoms with Crippen LogP contribution in [0.1, 0.15) is 32.1 Å². The molecule has 6 heteroatoms. The Labute approximate surface area is 141 Å². The zero-order chi connectivity index (χ0) is 15.9. The van der Waals surface area contributed by atoms with Crippen molar-refractivity contribution in [3.05, 3.63) is 28.2 Å². The second kappa shape index (κ2) is 8.73. The average Bonchev–Trinajstić information content (AvgIpc) is 2.94. The van der Waals surface area contributed by atoms with Gasteiger partial charge in [0.2, 0.25) is 5.91 Å². The first kappa shape index (κ1) is 17.5. The molecule has 0 aliphatic carbocycles. The van der Waals surface area contributed by atoms with Gasteiger partial charge in [0, 0.05) is 25.6 Å². The number of benzene rings is 1. The van der Waals surface area contributed by atoms with Crippen molar-refractivity contribution in [2.75, 3.05) is 25.0 Å². The highest BCUT2D eigenvalue weighted by Gasteiger charge is 2.24. The zero-order valence-electron chi connectivity index (χ0n) is 12.5. The van der Waals surface area contributed by atoms with E-state index in [1.807, 2.05) is 0 Å². The van der Waals surface area contributed by atoms with E-state index >= 15 is 0 Å². The summed E-state index contributed by atoms with van der Waals surface area (Å²) in [4.78, 5) is 14.4. The highest BCUT2D eigenvalue weighted by molar-refractivity contribution is 6.39. The van der Waals surface area contributed by atoms with Crippen LogP contribution in [0.4, 0.5) is 5.69 Å². The fourth-order valence-electron chi connectivity index (χ4n) is 2.91. The molecule has 1 heterocycles. The van der Waals surface area contributed by atoms with Crippen molar-refractivity contribution in [1.82, 2.24) is 4.90 Å². The maximum Gasteiger partial charge on any atom is 0.225 e. The molecule has 2 N–H and O–H groups in total. The quantitative estimate of drug-likeness (QED) is 0.795. The third-order valence-corrected chi connectivity index (χ3v) is 4.68. The van der Waals surface area contributed by atoms with Gasteiger partial charge < -0.3 is 10.4 Å². The molecule has 1 saturated heterocycles. The number of nitrogens with one attached hydrogen (secondary N) is 1. The van der Waals surface area contributed by atoms with Gasteiger partial charge in [-0.05, 0) is 44.4 Å². The van der Waals surface area contributed by atoms with Gasteiger partial charge in [-0.1, -0.05) is 29.3 Å². The number of carbonyl (C=O) groups excluding carboxylic acids is 1. The molecule has 4 nitrogen and oxygen atoms in total. The van der Waals surface area contributed by atoms with Crippen LogP contribution in [0.2, 0.25) is 10.0 Å². The monoisotopic (exact) mass is 344 g/mol. The molecule has 1 aliphatic heterocycles. The van der Waals surface area contributed by atoms with Gasteiger partial charge in [-0.25, -0.2) is 0 Å². The van der Waals surface area contributed by atoms with Crippen LogP contribution in [0, 0.1) is 0 Å². The van der Waals surface area contributed by atoms with Crippen LogP contribution in [0.25, 0.3) is 0 Å². The van der Waals surface area contributed by atoms with Crippen molar-refractivity contribution < 1.29 is 9.90 Å². The van der Waals surface area contributed by atoms with Gasteiger partial charge in [-0.15, -0.1) is 0 Å². The summed E-state index contributed by atoms with van der Waals surface area (Å²) in [6.07, 6.45) is 4.54. The highest BCUT2D eigenvalue weighted by atomic mass is 35.5. The summed E-state index contributed by atoms with van der Waals surface area (Å²) in [5.74, 6) is -0.0807. The van der Waals surface area contributed by atoms with Gasteiger partial charge in [0.05, 0.1) is 15.7 Å². The molecule has 22 heavy (non-hydrogen) atoms. The van der Waals surface area contributed by atoms with E-state index in [4.69, 9.17) is 28.3 Å². The van der Waals surface area contributed by atoms with E-state index in [-0.39, 0.29) is 12.5 Å². The Morgan fingerprint density at radius 1 is 1.36 bits per heavy atom. The Morgan fingerprint density at radius 3 is 2.77 bits per heavy atom. The van der Waals surface area contributed by atoms with Crippen molar-refractivity contribution in [1.29, 1.82) is 0 Å². The normalized spacial score (nSPS) is 18.6. The maximum atomic E-state index is 12.1. The van der Waals surface area contributed by atoms with Crippen molar-refractivity contribution >= 4 is 34.8 Å². The van der Waals surface area contributed by atoms with Gasteiger partial charge >= 0.3 is 0 Å². The molecule has 1 unspecified atom stereocenters.